The Kier molecular flexibility index (Phi) is 7.12. The number of rotatable bonds is 8. The minimum Gasteiger partial charge on any atom is -0.284 e. The number of hydrogen-bond donors (Lipinski definition) is 0. The van der Waals surface area contributed by atoms with Crippen molar-refractivity contribution in [1.82, 2.24) is 9.97 Å². The van der Waals surface area contributed by atoms with Gasteiger partial charge >= 0.3 is 0 Å². The zero-order valence-corrected chi connectivity index (χ0v) is 19.1. The van der Waals surface area contributed by atoms with E-state index < -0.39 is 11.6 Å². The smallest absolute Gasteiger partial charge is 0.229 e. The predicted octanol–water partition coefficient (Wildman–Crippen LogP) is 6.38. The van der Waals surface area contributed by atoms with Gasteiger partial charge in [-0.2, -0.15) is 0 Å². The van der Waals surface area contributed by atoms with Gasteiger partial charge in [-0.05, 0) is 48.9 Å². The largest absolute Gasteiger partial charge is 0.284 e. The maximum absolute atomic E-state index is 14.2. The molecule has 32 heavy (non-hydrogen) atoms. The van der Waals surface area contributed by atoms with Crippen LogP contribution in [0.5, 0.6) is 0 Å². The van der Waals surface area contributed by atoms with E-state index in [-0.39, 0.29) is 18.0 Å². The Morgan fingerprint density at radius 3 is 2.72 bits per heavy atom. The normalized spacial score (nSPS) is 11.1. The summed E-state index contributed by atoms with van der Waals surface area (Å²) in [5, 5.41) is 0.351. The maximum atomic E-state index is 14.2. The molecule has 0 N–H and O–H groups in total. The van der Waals surface area contributed by atoms with Crippen LogP contribution < -0.4 is 4.90 Å². The molecule has 2 heterocycles. The number of halogens is 2. The van der Waals surface area contributed by atoms with Gasteiger partial charge in [0.15, 0.2) is 10.9 Å². The molecule has 0 fully saturated rings. The summed E-state index contributed by atoms with van der Waals surface area (Å²) in [6.07, 6.45) is 4.36. The fraction of sp³-hybridized carbons (Fsp3) is 0.208. The molecule has 0 radical (unpaired) electrons. The van der Waals surface area contributed by atoms with Crippen molar-refractivity contribution < 1.29 is 13.6 Å². The second-order valence-electron chi connectivity index (χ2n) is 7.34. The first-order valence-electron chi connectivity index (χ1n) is 10.1. The molecule has 164 valence electrons. The number of pyridine rings is 1. The van der Waals surface area contributed by atoms with Gasteiger partial charge < -0.3 is 0 Å². The van der Waals surface area contributed by atoms with Gasteiger partial charge in [0.2, 0.25) is 5.91 Å². The molecule has 0 aliphatic rings. The lowest BCUT2D eigenvalue weighted by Crippen LogP contribution is -2.30. The summed E-state index contributed by atoms with van der Waals surface area (Å²) < 4.78 is 28.2. The minimum atomic E-state index is -0.731. The second kappa shape index (κ2) is 10.2. The summed E-state index contributed by atoms with van der Waals surface area (Å²) in [5.41, 5.74) is 2.12. The Morgan fingerprint density at radius 2 is 1.97 bits per heavy atom. The van der Waals surface area contributed by atoms with Crippen LogP contribution in [0.2, 0.25) is 0 Å². The van der Waals surface area contributed by atoms with Gasteiger partial charge in [0.1, 0.15) is 11.3 Å². The third-order valence-electron chi connectivity index (χ3n) is 4.82. The lowest BCUT2D eigenvalue weighted by Gasteiger charge is -2.20. The van der Waals surface area contributed by atoms with E-state index in [1.54, 1.807) is 30.2 Å². The van der Waals surface area contributed by atoms with Crippen molar-refractivity contribution in [2.75, 3.05) is 10.7 Å². The number of thiazole rings is 1. The predicted molar refractivity (Wildman–Crippen MR) is 126 cm³/mol. The number of benzene rings is 2. The molecule has 2 aromatic heterocycles. The number of amides is 1. The summed E-state index contributed by atoms with van der Waals surface area (Å²) >= 11 is 2.81. The summed E-state index contributed by atoms with van der Waals surface area (Å²) in [6.45, 7) is 2.31. The minimum absolute atomic E-state index is 0.0744. The zero-order chi connectivity index (χ0) is 22.5. The molecule has 0 saturated carbocycles. The Balaban J connectivity index is 1.49. The topological polar surface area (TPSA) is 46.1 Å². The number of thioether (sulfide) groups is 1. The molecule has 4 rings (SSSR count). The van der Waals surface area contributed by atoms with E-state index in [2.05, 4.69) is 34.2 Å². The Morgan fingerprint density at radius 1 is 1.16 bits per heavy atom. The van der Waals surface area contributed by atoms with Crippen molar-refractivity contribution >= 4 is 44.4 Å². The van der Waals surface area contributed by atoms with Crippen LogP contribution in [0.4, 0.5) is 13.9 Å². The molecular formula is C24H21F2N3OS2. The molecule has 0 spiro atoms. The van der Waals surface area contributed by atoms with Gasteiger partial charge in [0.25, 0.3) is 0 Å². The molecule has 4 aromatic rings. The number of hydrogen-bond acceptors (Lipinski definition) is 5. The Hall–Kier alpha value is -2.84. The van der Waals surface area contributed by atoms with Crippen LogP contribution in [0.1, 0.15) is 24.0 Å². The maximum Gasteiger partial charge on any atom is 0.229 e. The summed E-state index contributed by atoms with van der Waals surface area (Å²) in [5.74, 6) is -0.706. The fourth-order valence-electron chi connectivity index (χ4n) is 3.18. The lowest BCUT2D eigenvalue weighted by atomic mass is 10.2. The van der Waals surface area contributed by atoms with Gasteiger partial charge in [-0.25, -0.2) is 13.8 Å². The average Bonchev–Trinajstić information content (AvgIpc) is 3.21. The molecular weight excluding hydrogens is 448 g/mol. The monoisotopic (exact) mass is 469 g/mol. The summed E-state index contributed by atoms with van der Waals surface area (Å²) in [6, 6.07) is 14.0. The highest BCUT2D eigenvalue weighted by molar-refractivity contribution is 7.99. The number of carbonyl (C=O) groups is 1. The van der Waals surface area contributed by atoms with Gasteiger partial charge in [-0.1, -0.05) is 35.1 Å². The molecule has 4 nitrogen and oxygen atoms in total. The van der Waals surface area contributed by atoms with E-state index in [1.807, 2.05) is 13.0 Å². The van der Waals surface area contributed by atoms with Crippen molar-refractivity contribution in [3.8, 4) is 0 Å². The van der Waals surface area contributed by atoms with Crippen molar-refractivity contribution in [2.24, 2.45) is 0 Å². The van der Waals surface area contributed by atoms with E-state index in [0.717, 1.165) is 28.7 Å². The van der Waals surface area contributed by atoms with Gasteiger partial charge in [0, 0.05) is 29.8 Å². The standard InChI is InChI=1S/C24H21F2N3OS2/c1-16-6-8-19(9-7-16)31-11-3-5-22(30)29(15-17-4-2-10-27-14-17)24-28-23-20(26)12-18(25)13-21(23)32-24/h2,4,6-10,12-14H,3,5,11,15H2,1H3. The number of carbonyl (C=O) groups excluding carboxylic acids is 1. The first-order chi connectivity index (χ1) is 15.5. The first-order valence-corrected chi connectivity index (χ1v) is 11.9. The van der Waals surface area contributed by atoms with Crippen LogP contribution in [0.3, 0.4) is 0 Å². The Bertz CT molecular complexity index is 1210. The fourth-order valence-corrected chi connectivity index (χ4v) is 5.05. The van der Waals surface area contributed by atoms with Gasteiger partial charge in [-0.3, -0.25) is 14.7 Å². The van der Waals surface area contributed by atoms with E-state index in [9.17, 15) is 13.6 Å². The van der Waals surface area contributed by atoms with Crippen LogP contribution >= 0.6 is 23.1 Å². The van der Waals surface area contributed by atoms with Crippen LogP contribution in [-0.4, -0.2) is 21.6 Å². The zero-order valence-electron chi connectivity index (χ0n) is 17.4. The van der Waals surface area contributed by atoms with Crippen molar-refractivity contribution in [1.29, 1.82) is 0 Å². The number of fused-ring (bicyclic) bond motifs is 1. The molecule has 0 bridgehead atoms. The molecule has 0 atom stereocenters. The van der Waals surface area contributed by atoms with Crippen LogP contribution in [0, 0.1) is 18.6 Å². The van der Waals surface area contributed by atoms with Crippen LogP contribution in [0.25, 0.3) is 10.2 Å². The number of aryl methyl sites for hydroxylation is 1. The highest BCUT2D eigenvalue weighted by Gasteiger charge is 2.21. The molecule has 1 amide bonds. The molecule has 0 unspecified atom stereocenters. The number of nitrogens with zero attached hydrogens (tertiary/aromatic N) is 3. The molecule has 0 saturated heterocycles. The number of aromatic nitrogens is 2. The average molecular weight is 470 g/mol. The third-order valence-corrected chi connectivity index (χ3v) is 6.95. The van der Waals surface area contributed by atoms with Gasteiger partial charge in [-0.15, -0.1) is 11.8 Å². The van der Waals surface area contributed by atoms with E-state index in [0.29, 0.717) is 22.7 Å². The molecule has 0 aliphatic carbocycles. The molecule has 2 aromatic carbocycles. The molecule has 8 heteroatoms. The van der Waals surface area contributed by atoms with Crippen LogP contribution in [-0.2, 0) is 11.3 Å². The van der Waals surface area contributed by atoms with Crippen molar-refractivity contribution in [2.45, 2.75) is 31.2 Å². The third kappa shape index (κ3) is 5.49. The van der Waals surface area contributed by atoms with Crippen molar-refractivity contribution in [3.63, 3.8) is 0 Å². The highest BCUT2D eigenvalue weighted by Crippen LogP contribution is 2.32. The second-order valence-corrected chi connectivity index (χ2v) is 9.51. The Labute approximate surface area is 193 Å². The summed E-state index contributed by atoms with van der Waals surface area (Å²) in [4.78, 5) is 24.2. The molecule has 0 aliphatic heterocycles. The lowest BCUT2D eigenvalue weighted by molar-refractivity contribution is -0.118. The first kappa shape index (κ1) is 22.4. The van der Waals surface area contributed by atoms with E-state index >= 15 is 0 Å². The highest BCUT2D eigenvalue weighted by atomic mass is 32.2. The quantitative estimate of drug-likeness (QED) is 0.222. The SMILES string of the molecule is Cc1ccc(SCCCC(=O)N(Cc2cccnc2)c2nc3c(F)cc(F)cc3s2)cc1. The van der Waals surface area contributed by atoms with Gasteiger partial charge in [0.05, 0.1) is 11.2 Å². The van der Waals surface area contributed by atoms with E-state index in [1.165, 1.54) is 21.4 Å². The van der Waals surface area contributed by atoms with Crippen LogP contribution in [0.15, 0.2) is 65.8 Å². The van der Waals surface area contributed by atoms with Crippen molar-refractivity contribution in [3.05, 3.63) is 83.7 Å². The summed E-state index contributed by atoms with van der Waals surface area (Å²) in [7, 11) is 0. The number of anilines is 1. The van der Waals surface area contributed by atoms with E-state index in [4.69, 9.17) is 0 Å².